The van der Waals surface area contributed by atoms with Crippen molar-refractivity contribution >= 4 is 29.3 Å². The molecule has 3 rings (SSSR count). The Bertz CT molecular complexity index is 929. The highest BCUT2D eigenvalue weighted by Gasteiger charge is 2.26. The molecule has 1 unspecified atom stereocenters. The number of carbonyl (C=O) groups excluding carboxylic acids is 2. The smallest absolute Gasteiger partial charge is 0.241 e. The summed E-state index contributed by atoms with van der Waals surface area (Å²) in [5.41, 5.74) is 0.606. The quantitative estimate of drug-likeness (QED) is 0.641. The van der Waals surface area contributed by atoms with Crippen molar-refractivity contribution in [3.8, 4) is 0 Å². The first-order valence-corrected chi connectivity index (χ1v) is 12.4. The number of carbonyl (C=O) groups is 2. The van der Waals surface area contributed by atoms with Gasteiger partial charge in [-0.15, -0.1) is 0 Å². The average Bonchev–Trinajstić information content (AvgIpc) is 2.99. The zero-order chi connectivity index (χ0) is 23.8. The topological polar surface area (TPSA) is 64.7 Å². The number of rotatable bonds is 7. The van der Waals surface area contributed by atoms with Gasteiger partial charge in [0.25, 0.3) is 0 Å². The maximum Gasteiger partial charge on any atom is 0.241 e. The van der Waals surface area contributed by atoms with Gasteiger partial charge in [-0.3, -0.25) is 19.4 Å². The van der Waals surface area contributed by atoms with Crippen molar-refractivity contribution in [1.29, 1.82) is 0 Å². The van der Waals surface area contributed by atoms with Gasteiger partial charge in [0.15, 0.2) is 0 Å². The lowest BCUT2D eigenvalue weighted by molar-refractivity contribution is -0.124. The van der Waals surface area contributed by atoms with Crippen molar-refractivity contribution in [3.05, 3.63) is 54.6 Å². The van der Waals surface area contributed by atoms with Crippen molar-refractivity contribution < 1.29 is 9.59 Å². The zero-order valence-electron chi connectivity index (χ0n) is 20.1. The third-order valence-corrected chi connectivity index (χ3v) is 6.63. The number of amides is 2. The summed E-state index contributed by atoms with van der Waals surface area (Å²) < 4.78 is 0. The van der Waals surface area contributed by atoms with E-state index < -0.39 is 0 Å². The molecule has 0 saturated carbocycles. The molecule has 2 aromatic rings. The molecule has 0 radical (unpaired) electrons. The van der Waals surface area contributed by atoms with Gasteiger partial charge in [0.2, 0.25) is 11.8 Å². The maximum atomic E-state index is 13.1. The van der Waals surface area contributed by atoms with Gasteiger partial charge in [-0.2, -0.15) is 0 Å². The van der Waals surface area contributed by atoms with Gasteiger partial charge in [-0.1, -0.05) is 42.1 Å². The molecule has 6 nitrogen and oxygen atoms in total. The molecule has 2 amide bonds. The van der Waals surface area contributed by atoms with E-state index in [0.29, 0.717) is 6.54 Å². The Morgan fingerprint density at radius 2 is 1.67 bits per heavy atom. The van der Waals surface area contributed by atoms with Gasteiger partial charge in [-0.25, -0.2) is 0 Å². The third-order valence-electron chi connectivity index (χ3n) is 5.55. The summed E-state index contributed by atoms with van der Waals surface area (Å²) in [6, 6.07) is 17.8. The van der Waals surface area contributed by atoms with Gasteiger partial charge >= 0.3 is 0 Å². The highest BCUT2D eigenvalue weighted by Crippen LogP contribution is 2.33. The minimum Gasteiger partial charge on any atom is -0.350 e. The van der Waals surface area contributed by atoms with Crippen molar-refractivity contribution in [2.45, 2.75) is 55.5 Å². The number of hydrogen-bond donors (Lipinski definition) is 2. The Balaban J connectivity index is 1.56. The van der Waals surface area contributed by atoms with Crippen LogP contribution in [-0.4, -0.2) is 65.9 Å². The van der Waals surface area contributed by atoms with Crippen LogP contribution in [0.3, 0.4) is 0 Å². The second-order valence-corrected chi connectivity index (χ2v) is 10.7. The zero-order valence-corrected chi connectivity index (χ0v) is 21.0. The van der Waals surface area contributed by atoms with Crippen molar-refractivity contribution in [1.82, 2.24) is 15.1 Å². The Morgan fingerprint density at radius 3 is 2.39 bits per heavy atom. The van der Waals surface area contributed by atoms with E-state index in [1.807, 2.05) is 70.2 Å². The fourth-order valence-corrected chi connectivity index (χ4v) is 4.80. The lowest BCUT2D eigenvalue weighted by atomic mass is 10.1. The molecule has 7 heteroatoms. The summed E-state index contributed by atoms with van der Waals surface area (Å²) >= 11 is 1.64. The molecular formula is C26H36N4O2S. The van der Waals surface area contributed by atoms with Crippen LogP contribution in [0.4, 0.5) is 5.69 Å². The van der Waals surface area contributed by atoms with Gasteiger partial charge in [0, 0.05) is 35.0 Å². The van der Waals surface area contributed by atoms with E-state index in [1.54, 1.807) is 11.8 Å². The standard InChI is InChI=1S/C26H36N4O2S/c1-20(30-16-10-15-29(17-18-30)19-24(31)28-26(2,3)4)25(32)27-22-13-8-9-14-23(22)33-21-11-6-5-7-12-21/h5-9,11-14,20H,10,15-19H2,1-4H3,(H,27,32)(H,28,31). The molecule has 1 fully saturated rings. The Morgan fingerprint density at radius 1 is 0.970 bits per heavy atom. The molecule has 1 aliphatic heterocycles. The third kappa shape index (κ3) is 8.18. The van der Waals surface area contributed by atoms with E-state index in [2.05, 4.69) is 32.6 Å². The first kappa shape index (κ1) is 25.3. The summed E-state index contributed by atoms with van der Waals surface area (Å²) in [5.74, 6) is 0.0456. The van der Waals surface area contributed by atoms with E-state index in [-0.39, 0.29) is 23.4 Å². The molecule has 178 valence electrons. The summed E-state index contributed by atoms with van der Waals surface area (Å²) in [6.07, 6.45) is 0.931. The van der Waals surface area contributed by atoms with Crippen LogP contribution in [0.15, 0.2) is 64.4 Å². The fraction of sp³-hybridized carbons (Fsp3) is 0.462. The largest absolute Gasteiger partial charge is 0.350 e. The van der Waals surface area contributed by atoms with Crippen LogP contribution in [0.5, 0.6) is 0 Å². The predicted molar refractivity (Wildman–Crippen MR) is 136 cm³/mol. The second kappa shape index (κ2) is 11.7. The number of anilines is 1. The van der Waals surface area contributed by atoms with E-state index >= 15 is 0 Å². The van der Waals surface area contributed by atoms with Crippen LogP contribution in [0.25, 0.3) is 0 Å². The molecule has 0 spiro atoms. The SMILES string of the molecule is CC(C(=O)Nc1ccccc1Sc1ccccc1)N1CCCN(CC(=O)NC(C)(C)C)CC1. The Labute approximate surface area is 202 Å². The van der Waals surface area contributed by atoms with Crippen LogP contribution in [0.2, 0.25) is 0 Å². The molecule has 2 aromatic carbocycles. The molecule has 1 saturated heterocycles. The van der Waals surface area contributed by atoms with E-state index in [0.717, 1.165) is 48.1 Å². The van der Waals surface area contributed by atoms with Crippen LogP contribution >= 0.6 is 11.8 Å². The first-order valence-electron chi connectivity index (χ1n) is 11.6. The van der Waals surface area contributed by atoms with Gasteiger partial charge in [0.05, 0.1) is 18.3 Å². The average molecular weight is 469 g/mol. The molecule has 33 heavy (non-hydrogen) atoms. The first-order chi connectivity index (χ1) is 15.7. The molecule has 0 bridgehead atoms. The summed E-state index contributed by atoms with van der Waals surface area (Å²) in [6.45, 7) is 11.6. The number of nitrogens with one attached hydrogen (secondary N) is 2. The number of benzene rings is 2. The summed E-state index contributed by atoms with van der Waals surface area (Å²) in [7, 11) is 0. The molecule has 1 aliphatic rings. The summed E-state index contributed by atoms with van der Waals surface area (Å²) in [5, 5.41) is 6.17. The van der Waals surface area contributed by atoms with Crippen LogP contribution in [0.1, 0.15) is 34.1 Å². The van der Waals surface area contributed by atoms with Gasteiger partial charge in [-0.05, 0) is 64.9 Å². The maximum absolute atomic E-state index is 13.1. The normalized spacial score (nSPS) is 16.6. The van der Waals surface area contributed by atoms with Crippen LogP contribution < -0.4 is 10.6 Å². The molecule has 1 heterocycles. The van der Waals surface area contributed by atoms with Gasteiger partial charge < -0.3 is 10.6 Å². The highest BCUT2D eigenvalue weighted by molar-refractivity contribution is 7.99. The minimum absolute atomic E-state index is 0.00460. The molecule has 2 N–H and O–H groups in total. The minimum atomic E-state index is -0.247. The van der Waals surface area contributed by atoms with Crippen molar-refractivity contribution in [2.24, 2.45) is 0 Å². The monoisotopic (exact) mass is 468 g/mol. The predicted octanol–water partition coefficient (Wildman–Crippen LogP) is 4.09. The van der Waals surface area contributed by atoms with Gasteiger partial charge in [0.1, 0.15) is 0 Å². The highest BCUT2D eigenvalue weighted by atomic mass is 32.2. The molecule has 0 aromatic heterocycles. The van der Waals surface area contributed by atoms with Crippen molar-refractivity contribution in [2.75, 3.05) is 38.0 Å². The molecule has 1 atom stereocenters. The Hall–Kier alpha value is -2.35. The van der Waals surface area contributed by atoms with Crippen LogP contribution in [0, 0.1) is 0 Å². The van der Waals surface area contributed by atoms with Crippen molar-refractivity contribution in [3.63, 3.8) is 0 Å². The van der Waals surface area contributed by atoms with Crippen LogP contribution in [-0.2, 0) is 9.59 Å². The number of hydrogen-bond acceptors (Lipinski definition) is 5. The number of nitrogens with zero attached hydrogens (tertiary/aromatic N) is 2. The number of para-hydroxylation sites is 1. The lowest BCUT2D eigenvalue weighted by Gasteiger charge is -2.27. The molecular weight excluding hydrogens is 432 g/mol. The second-order valence-electron chi connectivity index (χ2n) is 9.54. The molecule has 0 aliphatic carbocycles. The van der Waals surface area contributed by atoms with E-state index in [4.69, 9.17) is 0 Å². The van der Waals surface area contributed by atoms with E-state index in [1.165, 1.54) is 0 Å². The van der Waals surface area contributed by atoms with E-state index in [9.17, 15) is 9.59 Å². The lowest BCUT2D eigenvalue weighted by Crippen LogP contribution is -2.47. The fourth-order valence-electron chi connectivity index (χ4n) is 3.87. The summed E-state index contributed by atoms with van der Waals surface area (Å²) in [4.78, 5) is 32.0. The Kier molecular flexibility index (Phi) is 8.95.